The Labute approximate surface area is 113 Å². The summed E-state index contributed by atoms with van der Waals surface area (Å²) in [6, 6.07) is 0. The maximum Gasteiger partial charge on any atom is 0.0807 e. The Morgan fingerprint density at radius 3 is 2.06 bits per heavy atom. The number of nitrogens with two attached hydrogens (primary N) is 1. The van der Waals surface area contributed by atoms with E-state index in [-0.39, 0.29) is 12.2 Å². The third-order valence-electron chi connectivity index (χ3n) is 3.48. The van der Waals surface area contributed by atoms with Gasteiger partial charge in [0.05, 0.1) is 18.3 Å². The number of unbranched alkanes of at least 4 members (excludes halogenated alkanes) is 6. The van der Waals surface area contributed by atoms with E-state index in [1.165, 1.54) is 44.9 Å². The summed E-state index contributed by atoms with van der Waals surface area (Å²) in [5, 5.41) is 9.39. The van der Waals surface area contributed by atoms with Gasteiger partial charge in [-0.05, 0) is 20.3 Å². The first-order valence-corrected chi connectivity index (χ1v) is 7.65. The van der Waals surface area contributed by atoms with Crippen LogP contribution in [0.15, 0.2) is 0 Å². The number of hydrogen-bond acceptors (Lipinski definition) is 3. The van der Waals surface area contributed by atoms with E-state index in [9.17, 15) is 5.11 Å². The molecule has 0 aromatic carbocycles. The van der Waals surface area contributed by atoms with Crippen LogP contribution in [0.4, 0.5) is 0 Å². The van der Waals surface area contributed by atoms with Crippen LogP contribution >= 0.6 is 0 Å². The molecule has 3 nitrogen and oxygen atoms in total. The van der Waals surface area contributed by atoms with E-state index in [0.717, 1.165) is 6.42 Å². The van der Waals surface area contributed by atoms with E-state index in [0.29, 0.717) is 6.54 Å². The van der Waals surface area contributed by atoms with Crippen LogP contribution in [0.3, 0.4) is 0 Å². The third kappa shape index (κ3) is 9.86. The fraction of sp³-hybridized carbons (Fsp3) is 1.00. The van der Waals surface area contributed by atoms with Crippen molar-refractivity contribution in [3.63, 3.8) is 0 Å². The highest BCUT2D eigenvalue weighted by Gasteiger charge is 2.15. The highest BCUT2D eigenvalue weighted by molar-refractivity contribution is 4.65. The molecule has 0 heterocycles. The summed E-state index contributed by atoms with van der Waals surface area (Å²) in [7, 11) is 0. The Hall–Kier alpha value is -0.120. The zero-order valence-corrected chi connectivity index (χ0v) is 12.5. The molecular formula is C15H33NO2. The summed E-state index contributed by atoms with van der Waals surface area (Å²) in [5.74, 6) is 0. The molecule has 0 radical (unpaired) electrons. The molecule has 0 aromatic heterocycles. The normalized spacial score (nSPS) is 16.5. The van der Waals surface area contributed by atoms with Gasteiger partial charge in [0.25, 0.3) is 0 Å². The van der Waals surface area contributed by atoms with Gasteiger partial charge in [-0.1, -0.05) is 51.9 Å². The van der Waals surface area contributed by atoms with Crippen LogP contribution in [0.25, 0.3) is 0 Å². The molecule has 0 amide bonds. The predicted octanol–water partition coefficient (Wildman–Crippen LogP) is 3.24. The molecule has 0 aliphatic heterocycles. The van der Waals surface area contributed by atoms with Crippen LogP contribution in [0.1, 0.15) is 72.1 Å². The number of rotatable bonds is 12. The zero-order valence-electron chi connectivity index (χ0n) is 12.5. The Morgan fingerprint density at radius 2 is 1.56 bits per heavy atom. The number of aliphatic hydroxyl groups excluding tert-OH is 1. The average molecular weight is 259 g/mol. The molecule has 0 aliphatic rings. The molecule has 0 fully saturated rings. The van der Waals surface area contributed by atoms with Gasteiger partial charge < -0.3 is 15.6 Å². The molecule has 3 N–H and O–H groups in total. The largest absolute Gasteiger partial charge is 0.391 e. The first-order chi connectivity index (χ1) is 8.61. The van der Waals surface area contributed by atoms with Gasteiger partial charge in [0.2, 0.25) is 0 Å². The number of ether oxygens (including phenoxy) is 1. The topological polar surface area (TPSA) is 55.5 Å². The van der Waals surface area contributed by atoms with Crippen molar-refractivity contribution in [2.45, 2.75) is 90.4 Å². The number of aliphatic hydroxyl groups is 1. The summed E-state index contributed by atoms with van der Waals surface area (Å²) in [5.41, 5.74) is 5.70. The minimum atomic E-state index is -0.423. The molecule has 110 valence electrons. The Bertz CT molecular complexity index is 174. The van der Waals surface area contributed by atoms with E-state index in [1.54, 1.807) is 6.92 Å². The Balaban J connectivity index is 3.50. The first-order valence-electron chi connectivity index (χ1n) is 7.65. The molecule has 3 atom stereocenters. The quantitative estimate of drug-likeness (QED) is 0.529. The molecule has 0 bridgehead atoms. The first kappa shape index (κ1) is 17.9. The lowest BCUT2D eigenvalue weighted by molar-refractivity contribution is -0.0607. The van der Waals surface area contributed by atoms with Gasteiger partial charge in [0, 0.05) is 6.54 Å². The second-order valence-electron chi connectivity index (χ2n) is 5.35. The van der Waals surface area contributed by atoms with Gasteiger partial charge in [-0.15, -0.1) is 0 Å². The lowest BCUT2D eigenvalue weighted by Gasteiger charge is -2.23. The molecule has 0 spiro atoms. The summed E-state index contributed by atoms with van der Waals surface area (Å²) in [6.45, 7) is 6.45. The second kappa shape index (κ2) is 11.9. The molecule has 0 aromatic rings. The second-order valence-corrected chi connectivity index (χ2v) is 5.35. The van der Waals surface area contributed by atoms with Crippen molar-refractivity contribution < 1.29 is 9.84 Å². The van der Waals surface area contributed by atoms with Crippen molar-refractivity contribution in [3.05, 3.63) is 0 Å². The van der Waals surface area contributed by atoms with Crippen molar-refractivity contribution in [3.8, 4) is 0 Å². The minimum Gasteiger partial charge on any atom is -0.391 e. The van der Waals surface area contributed by atoms with Crippen LogP contribution in [0.2, 0.25) is 0 Å². The standard InChI is InChI=1S/C15H33NO2/c1-4-5-6-7-8-9-10-11-15(12-16)18-14(3)13(2)17/h13-15,17H,4-12,16H2,1-3H3. The molecular weight excluding hydrogens is 226 g/mol. The van der Waals surface area contributed by atoms with Crippen LogP contribution < -0.4 is 5.73 Å². The monoisotopic (exact) mass is 259 g/mol. The number of hydrogen-bond donors (Lipinski definition) is 2. The summed E-state index contributed by atoms with van der Waals surface area (Å²) >= 11 is 0. The van der Waals surface area contributed by atoms with Crippen LogP contribution in [0.5, 0.6) is 0 Å². The molecule has 0 rings (SSSR count). The zero-order chi connectivity index (χ0) is 13.8. The summed E-state index contributed by atoms with van der Waals surface area (Å²) in [6.07, 6.45) is 9.73. The minimum absolute atomic E-state index is 0.102. The van der Waals surface area contributed by atoms with Crippen LogP contribution in [-0.2, 0) is 4.74 Å². The molecule has 0 aliphatic carbocycles. The molecule has 18 heavy (non-hydrogen) atoms. The Kier molecular flexibility index (Phi) is 11.9. The third-order valence-corrected chi connectivity index (χ3v) is 3.48. The van der Waals surface area contributed by atoms with E-state index in [1.807, 2.05) is 6.92 Å². The highest BCUT2D eigenvalue weighted by atomic mass is 16.5. The van der Waals surface area contributed by atoms with Crippen molar-refractivity contribution in [2.24, 2.45) is 5.73 Å². The van der Waals surface area contributed by atoms with Crippen LogP contribution in [0, 0.1) is 0 Å². The van der Waals surface area contributed by atoms with Crippen LogP contribution in [-0.4, -0.2) is 30.0 Å². The van der Waals surface area contributed by atoms with E-state index < -0.39 is 6.10 Å². The smallest absolute Gasteiger partial charge is 0.0807 e. The molecule has 0 saturated carbocycles. The molecule has 3 unspecified atom stereocenters. The summed E-state index contributed by atoms with van der Waals surface area (Å²) < 4.78 is 5.73. The fourth-order valence-corrected chi connectivity index (χ4v) is 1.99. The van der Waals surface area contributed by atoms with Gasteiger partial charge in [-0.25, -0.2) is 0 Å². The highest BCUT2D eigenvalue weighted by Crippen LogP contribution is 2.12. The van der Waals surface area contributed by atoms with Crippen molar-refractivity contribution >= 4 is 0 Å². The molecule has 0 saturated heterocycles. The van der Waals surface area contributed by atoms with Gasteiger partial charge in [-0.2, -0.15) is 0 Å². The SMILES string of the molecule is CCCCCCCCCC(CN)OC(C)C(C)O. The summed E-state index contributed by atoms with van der Waals surface area (Å²) in [4.78, 5) is 0. The van der Waals surface area contributed by atoms with E-state index >= 15 is 0 Å². The van der Waals surface area contributed by atoms with Gasteiger partial charge in [0.1, 0.15) is 0 Å². The van der Waals surface area contributed by atoms with Crippen molar-refractivity contribution in [2.75, 3.05) is 6.54 Å². The average Bonchev–Trinajstić information content (AvgIpc) is 2.35. The lowest BCUT2D eigenvalue weighted by atomic mass is 10.1. The maximum absolute atomic E-state index is 9.39. The van der Waals surface area contributed by atoms with Gasteiger partial charge in [0.15, 0.2) is 0 Å². The molecule has 3 heteroatoms. The van der Waals surface area contributed by atoms with Gasteiger partial charge >= 0.3 is 0 Å². The van der Waals surface area contributed by atoms with Crippen molar-refractivity contribution in [1.82, 2.24) is 0 Å². The maximum atomic E-state index is 9.39. The Morgan fingerprint density at radius 1 is 1.00 bits per heavy atom. The fourth-order valence-electron chi connectivity index (χ4n) is 1.99. The lowest BCUT2D eigenvalue weighted by Crippen LogP contribution is -2.32. The predicted molar refractivity (Wildman–Crippen MR) is 77.7 cm³/mol. The van der Waals surface area contributed by atoms with Gasteiger partial charge in [-0.3, -0.25) is 0 Å². The van der Waals surface area contributed by atoms with E-state index in [2.05, 4.69) is 6.92 Å². The van der Waals surface area contributed by atoms with E-state index in [4.69, 9.17) is 10.5 Å². The van der Waals surface area contributed by atoms with Crippen molar-refractivity contribution in [1.29, 1.82) is 0 Å².